The van der Waals surface area contributed by atoms with Gasteiger partial charge in [0, 0.05) is 5.92 Å². The SMILES string of the molecule is C[C@@H]1O[C@@]2(COC(C)(C)C)C=CCC1[C@H]2OC(C)(C)C. The third kappa shape index (κ3) is 3.44. The summed E-state index contributed by atoms with van der Waals surface area (Å²) in [5.74, 6) is 0.419. The Bertz CT molecular complexity index is 375. The van der Waals surface area contributed by atoms with E-state index in [2.05, 4.69) is 60.6 Å². The van der Waals surface area contributed by atoms with Gasteiger partial charge >= 0.3 is 0 Å². The van der Waals surface area contributed by atoms with Gasteiger partial charge in [-0.05, 0) is 54.9 Å². The second kappa shape index (κ2) is 5.11. The number of ether oxygens (including phenoxy) is 3. The van der Waals surface area contributed by atoms with E-state index in [1.807, 2.05) is 0 Å². The maximum absolute atomic E-state index is 6.35. The molecular formula is C17H30O3. The van der Waals surface area contributed by atoms with Crippen molar-refractivity contribution in [2.24, 2.45) is 5.92 Å². The van der Waals surface area contributed by atoms with Crippen LogP contribution in [0.1, 0.15) is 54.9 Å². The molecule has 0 aromatic carbocycles. The molecule has 0 amide bonds. The minimum absolute atomic E-state index is 0.0739. The van der Waals surface area contributed by atoms with E-state index in [0.717, 1.165) is 6.42 Å². The minimum Gasteiger partial charge on any atom is -0.372 e. The molecule has 1 saturated heterocycles. The van der Waals surface area contributed by atoms with Crippen molar-refractivity contribution in [2.75, 3.05) is 6.61 Å². The Hall–Kier alpha value is -0.380. The molecule has 2 rings (SSSR count). The Morgan fingerprint density at radius 1 is 1.15 bits per heavy atom. The van der Waals surface area contributed by atoms with Gasteiger partial charge in [0.2, 0.25) is 0 Å². The molecule has 0 saturated carbocycles. The van der Waals surface area contributed by atoms with E-state index in [1.54, 1.807) is 0 Å². The van der Waals surface area contributed by atoms with Gasteiger partial charge in [-0.25, -0.2) is 0 Å². The predicted molar refractivity (Wildman–Crippen MR) is 80.9 cm³/mol. The van der Waals surface area contributed by atoms with Crippen molar-refractivity contribution in [3.63, 3.8) is 0 Å². The van der Waals surface area contributed by atoms with Gasteiger partial charge < -0.3 is 14.2 Å². The van der Waals surface area contributed by atoms with Gasteiger partial charge in [-0.1, -0.05) is 12.2 Å². The summed E-state index contributed by atoms with van der Waals surface area (Å²) in [5, 5.41) is 0. The van der Waals surface area contributed by atoms with Gasteiger partial charge in [0.15, 0.2) is 0 Å². The molecule has 3 nitrogen and oxygen atoms in total. The summed E-state index contributed by atoms with van der Waals surface area (Å²) in [5.41, 5.74) is -0.769. The molecule has 3 heteroatoms. The van der Waals surface area contributed by atoms with Crippen molar-refractivity contribution in [1.82, 2.24) is 0 Å². The van der Waals surface area contributed by atoms with Crippen LogP contribution in [-0.2, 0) is 14.2 Å². The first kappa shape index (κ1) is 16.0. The van der Waals surface area contributed by atoms with Crippen LogP contribution in [0.5, 0.6) is 0 Å². The Morgan fingerprint density at radius 3 is 2.35 bits per heavy atom. The Labute approximate surface area is 123 Å². The predicted octanol–water partition coefficient (Wildman–Crippen LogP) is 3.72. The Morgan fingerprint density at radius 2 is 1.80 bits per heavy atom. The average Bonchev–Trinajstić information content (AvgIpc) is 2.42. The summed E-state index contributed by atoms with van der Waals surface area (Å²) in [7, 11) is 0. The van der Waals surface area contributed by atoms with Gasteiger partial charge in [-0.2, -0.15) is 0 Å². The van der Waals surface area contributed by atoms with Crippen molar-refractivity contribution in [3.05, 3.63) is 12.2 Å². The Kier molecular flexibility index (Phi) is 4.09. The molecule has 1 aliphatic carbocycles. The molecule has 0 radical (unpaired) electrons. The second-order valence-electron chi connectivity index (χ2n) is 8.13. The van der Waals surface area contributed by atoms with E-state index >= 15 is 0 Å². The molecule has 4 atom stereocenters. The van der Waals surface area contributed by atoms with Gasteiger partial charge in [0.05, 0.1) is 30.0 Å². The van der Waals surface area contributed by atoms with Crippen molar-refractivity contribution >= 4 is 0 Å². The van der Waals surface area contributed by atoms with Crippen LogP contribution in [0.3, 0.4) is 0 Å². The fourth-order valence-corrected chi connectivity index (χ4v) is 3.04. The zero-order chi connectivity index (χ0) is 15.2. The highest BCUT2D eigenvalue weighted by atomic mass is 16.6. The molecule has 1 aliphatic heterocycles. The molecule has 0 N–H and O–H groups in total. The number of fused-ring (bicyclic) bond motifs is 2. The highest BCUT2D eigenvalue weighted by molar-refractivity contribution is 5.19. The fourth-order valence-electron chi connectivity index (χ4n) is 3.04. The first-order valence-corrected chi connectivity index (χ1v) is 7.70. The first-order chi connectivity index (χ1) is 9.03. The molecule has 1 fully saturated rings. The lowest BCUT2D eigenvalue weighted by Crippen LogP contribution is -2.51. The van der Waals surface area contributed by atoms with Gasteiger partial charge in [0.25, 0.3) is 0 Å². The zero-order valence-corrected chi connectivity index (χ0v) is 14.0. The maximum Gasteiger partial charge on any atom is 0.136 e. The summed E-state index contributed by atoms with van der Waals surface area (Å²) >= 11 is 0. The molecule has 2 aliphatic rings. The molecule has 1 unspecified atom stereocenters. The van der Waals surface area contributed by atoms with Crippen molar-refractivity contribution in [1.29, 1.82) is 0 Å². The lowest BCUT2D eigenvalue weighted by Gasteiger charge is -2.40. The van der Waals surface area contributed by atoms with Crippen molar-refractivity contribution < 1.29 is 14.2 Å². The minimum atomic E-state index is -0.428. The molecule has 0 spiro atoms. The highest BCUT2D eigenvalue weighted by Crippen LogP contribution is 2.45. The molecular weight excluding hydrogens is 252 g/mol. The zero-order valence-electron chi connectivity index (χ0n) is 14.0. The van der Waals surface area contributed by atoms with E-state index in [9.17, 15) is 0 Å². The largest absolute Gasteiger partial charge is 0.372 e. The molecule has 1 heterocycles. The normalized spacial score (nSPS) is 37.5. The average molecular weight is 282 g/mol. The summed E-state index contributed by atoms with van der Waals surface area (Å²) in [6.45, 7) is 15.2. The number of hydrogen-bond acceptors (Lipinski definition) is 3. The quantitative estimate of drug-likeness (QED) is 0.738. The van der Waals surface area contributed by atoms with Crippen LogP contribution >= 0.6 is 0 Å². The second-order valence-corrected chi connectivity index (χ2v) is 8.13. The third-order valence-corrected chi connectivity index (χ3v) is 3.90. The number of allylic oxidation sites excluding steroid dienone is 1. The highest BCUT2D eigenvalue weighted by Gasteiger charge is 2.55. The van der Waals surface area contributed by atoms with Gasteiger partial charge in [0.1, 0.15) is 5.60 Å². The third-order valence-electron chi connectivity index (χ3n) is 3.90. The Balaban J connectivity index is 2.21. The van der Waals surface area contributed by atoms with Crippen LogP contribution in [0.15, 0.2) is 12.2 Å². The van der Waals surface area contributed by atoms with Gasteiger partial charge in [-0.15, -0.1) is 0 Å². The topological polar surface area (TPSA) is 27.7 Å². The molecule has 0 aromatic heterocycles. The van der Waals surface area contributed by atoms with Crippen LogP contribution < -0.4 is 0 Å². The monoisotopic (exact) mass is 282 g/mol. The van der Waals surface area contributed by atoms with E-state index in [1.165, 1.54) is 0 Å². The van der Waals surface area contributed by atoms with E-state index in [4.69, 9.17) is 14.2 Å². The van der Waals surface area contributed by atoms with Crippen molar-refractivity contribution in [3.8, 4) is 0 Å². The van der Waals surface area contributed by atoms with E-state index in [-0.39, 0.29) is 23.4 Å². The number of hydrogen-bond donors (Lipinski definition) is 0. The summed E-state index contributed by atoms with van der Waals surface area (Å²) in [6.07, 6.45) is 5.70. The molecule has 0 aromatic rings. The first-order valence-electron chi connectivity index (χ1n) is 7.70. The van der Waals surface area contributed by atoms with Crippen LogP contribution in [-0.4, -0.2) is 35.6 Å². The molecule has 116 valence electrons. The lowest BCUT2D eigenvalue weighted by molar-refractivity contribution is -0.165. The lowest BCUT2D eigenvalue weighted by atomic mass is 9.81. The van der Waals surface area contributed by atoms with Crippen molar-refractivity contribution in [2.45, 2.75) is 83.9 Å². The summed E-state index contributed by atoms with van der Waals surface area (Å²) in [6, 6.07) is 0. The summed E-state index contributed by atoms with van der Waals surface area (Å²) < 4.78 is 18.7. The van der Waals surface area contributed by atoms with E-state index < -0.39 is 5.60 Å². The van der Waals surface area contributed by atoms with Crippen LogP contribution in [0, 0.1) is 5.92 Å². The molecule has 2 bridgehead atoms. The molecule has 20 heavy (non-hydrogen) atoms. The standard InChI is InChI=1S/C17H30O3/c1-12-13-9-8-10-17(19-12,11-18-15(2,3)4)14(13)20-16(5,6)7/h8,10,12-14H,9,11H2,1-7H3/t12-,13?,14+,17+/m0/s1. The fraction of sp³-hybridized carbons (Fsp3) is 0.882. The van der Waals surface area contributed by atoms with E-state index in [0.29, 0.717) is 12.5 Å². The van der Waals surface area contributed by atoms with Crippen LogP contribution in [0.25, 0.3) is 0 Å². The maximum atomic E-state index is 6.35. The number of rotatable bonds is 3. The van der Waals surface area contributed by atoms with Crippen LogP contribution in [0.4, 0.5) is 0 Å². The van der Waals surface area contributed by atoms with Gasteiger partial charge in [-0.3, -0.25) is 0 Å². The van der Waals surface area contributed by atoms with Crippen LogP contribution in [0.2, 0.25) is 0 Å². The smallest absolute Gasteiger partial charge is 0.136 e. The summed E-state index contributed by atoms with van der Waals surface area (Å²) in [4.78, 5) is 0.